The monoisotopic (exact) mass is 218 g/mol. The van der Waals surface area contributed by atoms with E-state index in [0.29, 0.717) is 0 Å². The molecule has 16 heavy (non-hydrogen) atoms. The van der Waals surface area contributed by atoms with Gasteiger partial charge in [-0.25, -0.2) is 0 Å². The lowest BCUT2D eigenvalue weighted by molar-refractivity contribution is -0.123. The van der Waals surface area contributed by atoms with Crippen LogP contribution in [0.25, 0.3) is 0 Å². The summed E-state index contributed by atoms with van der Waals surface area (Å²) in [5.41, 5.74) is 2.13. The highest BCUT2D eigenvalue weighted by atomic mass is 16.2. The average Bonchev–Trinajstić information content (AvgIpc) is 2.58. The van der Waals surface area contributed by atoms with Gasteiger partial charge in [0.1, 0.15) is 6.04 Å². The Bertz CT molecular complexity index is 382. The SMILES string of the molecule is CC(C)(C)NC(=O)[C@@H]1Cc2ccccc2N1. The van der Waals surface area contributed by atoms with Gasteiger partial charge in [-0.3, -0.25) is 4.79 Å². The second-order valence-electron chi connectivity index (χ2n) is 5.30. The Morgan fingerprint density at radius 2 is 2.06 bits per heavy atom. The van der Waals surface area contributed by atoms with Crippen LogP contribution in [0.1, 0.15) is 26.3 Å². The van der Waals surface area contributed by atoms with Gasteiger partial charge in [0.15, 0.2) is 0 Å². The van der Waals surface area contributed by atoms with Gasteiger partial charge < -0.3 is 10.6 Å². The second-order valence-corrected chi connectivity index (χ2v) is 5.30. The fourth-order valence-electron chi connectivity index (χ4n) is 1.91. The number of benzene rings is 1. The predicted molar refractivity (Wildman–Crippen MR) is 65.5 cm³/mol. The molecular formula is C13H18N2O. The van der Waals surface area contributed by atoms with Gasteiger partial charge in [-0.2, -0.15) is 0 Å². The van der Waals surface area contributed by atoms with Gasteiger partial charge in [-0.05, 0) is 32.4 Å². The van der Waals surface area contributed by atoms with Crippen molar-refractivity contribution in [3.05, 3.63) is 29.8 Å². The highest BCUT2D eigenvalue weighted by Crippen LogP contribution is 2.25. The third-order valence-electron chi connectivity index (χ3n) is 2.59. The molecule has 1 aromatic rings. The molecule has 1 aliphatic heterocycles. The number of carbonyl (C=O) groups is 1. The Kier molecular flexibility index (Phi) is 2.62. The Balaban J connectivity index is 2.04. The Hall–Kier alpha value is -1.51. The van der Waals surface area contributed by atoms with Crippen molar-refractivity contribution >= 4 is 11.6 Å². The standard InChI is InChI=1S/C13H18N2O/c1-13(2,3)15-12(16)11-8-9-6-4-5-7-10(9)14-11/h4-7,11,14H,8H2,1-3H3,(H,15,16)/t11-/m0/s1. The molecule has 0 saturated heterocycles. The fraction of sp³-hybridized carbons (Fsp3) is 0.462. The zero-order valence-electron chi connectivity index (χ0n) is 10.0. The fourth-order valence-corrected chi connectivity index (χ4v) is 1.91. The molecule has 1 atom stereocenters. The summed E-state index contributed by atoms with van der Waals surface area (Å²) in [6.45, 7) is 5.98. The Morgan fingerprint density at radius 1 is 1.38 bits per heavy atom. The molecule has 0 unspecified atom stereocenters. The Labute approximate surface area is 96.2 Å². The van der Waals surface area contributed by atoms with Crippen molar-refractivity contribution in [3.63, 3.8) is 0 Å². The van der Waals surface area contributed by atoms with Crippen LogP contribution in [-0.4, -0.2) is 17.5 Å². The maximum absolute atomic E-state index is 12.0. The lowest BCUT2D eigenvalue weighted by Crippen LogP contribution is -2.47. The van der Waals surface area contributed by atoms with Crippen LogP contribution < -0.4 is 10.6 Å². The lowest BCUT2D eigenvalue weighted by atomic mass is 10.1. The summed E-state index contributed by atoms with van der Waals surface area (Å²) in [6, 6.07) is 7.93. The van der Waals surface area contributed by atoms with Crippen LogP contribution in [-0.2, 0) is 11.2 Å². The van der Waals surface area contributed by atoms with Crippen LogP contribution in [0.15, 0.2) is 24.3 Å². The minimum absolute atomic E-state index is 0.0729. The van der Waals surface area contributed by atoms with E-state index in [-0.39, 0.29) is 17.5 Å². The van der Waals surface area contributed by atoms with Crippen molar-refractivity contribution in [1.29, 1.82) is 0 Å². The lowest BCUT2D eigenvalue weighted by Gasteiger charge is -2.23. The van der Waals surface area contributed by atoms with Crippen LogP contribution in [0.3, 0.4) is 0 Å². The smallest absolute Gasteiger partial charge is 0.243 e. The van der Waals surface area contributed by atoms with Crippen molar-refractivity contribution in [2.24, 2.45) is 0 Å². The minimum atomic E-state index is -0.173. The first-order valence-electron chi connectivity index (χ1n) is 5.62. The first kappa shape index (κ1) is 11.0. The topological polar surface area (TPSA) is 41.1 Å². The van der Waals surface area contributed by atoms with Gasteiger partial charge >= 0.3 is 0 Å². The van der Waals surface area contributed by atoms with Crippen molar-refractivity contribution in [1.82, 2.24) is 5.32 Å². The van der Waals surface area contributed by atoms with E-state index in [4.69, 9.17) is 0 Å². The van der Waals surface area contributed by atoms with Crippen molar-refractivity contribution in [2.45, 2.75) is 38.8 Å². The molecule has 1 heterocycles. The molecule has 3 heteroatoms. The number of hydrogen-bond donors (Lipinski definition) is 2. The third kappa shape index (κ3) is 2.35. The largest absolute Gasteiger partial charge is 0.373 e. The molecule has 2 N–H and O–H groups in total. The van der Waals surface area contributed by atoms with Gasteiger partial charge in [0.2, 0.25) is 5.91 Å². The van der Waals surface area contributed by atoms with Crippen LogP contribution in [0.5, 0.6) is 0 Å². The molecule has 2 rings (SSSR count). The maximum Gasteiger partial charge on any atom is 0.243 e. The molecule has 0 aliphatic carbocycles. The quantitative estimate of drug-likeness (QED) is 0.756. The highest BCUT2D eigenvalue weighted by molar-refractivity contribution is 5.87. The van der Waals surface area contributed by atoms with Gasteiger partial charge in [0.25, 0.3) is 0 Å². The predicted octanol–water partition coefficient (Wildman–Crippen LogP) is 1.94. The number of nitrogens with one attached hydrogen (secondary N) is 2. The number of para-hydroxylation sites is 1. The van der Waals surface area contributed by atoms with E-state index in [2.05, 4.69) is 16.7 Å². The van der Waals surface area contributed by atoms with Gasteiger partial charge in [0, 0.05) is 17.6 Å². The number of anilines is 1. The van der Waals surface area contributed by atoms with Gasteiger partial charge in [-0.15, -0.1) is 0 Å². The molecule has 0 fully saturated rings. The summed E-state index contributed by atoms with van der Waals surface area (Å²) in [7, 11) is 0. The van der Waals surface area contributed by atoms with Gasteiger partial charge in [0.05, 0.1) is 0 Å². The molecule has 0 bridgehead atoms. The van der Waals surface area contributed by atoms with E-state index < -0.39 is 0 Å². The van der Waals surface area contributed by atoms with E-state index in [1.54, 1.807) is 0 Å². The van der Waals surface area contributed by atoms with Crippen LogP contribution in [0.4, 0.5) is 5.69 Å². The highest BCUT2D eigenvalue weighted by Gasteiger charge is 2.28. The summed E-state index contributed by atoms with van der Waals surface area (Å²) in [6.07, 6.45) is 0.776. The number of carbonyl (C=O) groups excluding carboxylic acids is 1. The third-order valence-corrected chi connectivity index (χ3v) is 2.59. The second kappa shape index (κ2) is 3.81. The zero-order valence-corrected chi connectivity index (χ0v) is 10.0. The van der Waals surface area contributed by atoms with E-state index in [1.807, 2.05) is 39.0 Å². The van der Waals surface area contributed by atoms with E-state index in [0.717, 1.165) is 12.1 Å². The zero-order chi connectivity index (χ0) is 11.8. The maximum atomic E-state index is 12.0. The van der Waals surface area contributed by atoms with Crippen molar-refractivity contribution < 1.29 is 4.79 Å². The first-order chi connectivity index (χ1) is 7.46. The molecule has 86 valence electrons. The van der Waals surface area contributed by atoms with E-state index in [9.17, 15) is 4.79 Å². The molecule has 0 saturated carbocycles. The number of rotatable bonds is 1. The van der Waals surface area contributed by atoms with Gasteiger partial charge in [-0.1, -0.05) is 18.2 Å². The molecule has 1 amide bonds. The van der Waals surface area contributed by atoms with Crippen molar-refractivity contribution in [2.75, 3.05) is 5.32 Å². The van der Waals surface area contributed by atoms with E-state index in [1.165, 1.54) is 5.56 Å². The molecular weight excluding hydrogens is 200 g/mol. The molecule has 1 aliphatic rings. The molecule has 0 spiro atoms. The average molecular weight is 218 g/mol. The minimum Gasteiger partial charge on any atom is -0.373 e. The summed E-state index contributed by atoms with van der Waals surface area (Å²) < 4.78 is 0. The van der Waals surface area contributed by atoms with E-state index >= 15 is 0 Å². The summed E-state index contributed by atoms with van der Waals surface area (Å²) >= 11 is 0. The molecule has 1 aromatic carbocycles. The molecule has 0 radical (unpaired) electrons. The molecule has 3 nitrogen and oxygen atoms in total. The summed E-state index contributed by atoms with van der Waals surface area (Å²) in [4.78, 5) is 12.0. The Morgan fingerprint density at radius 3 is 2.69 bits per heavy atom. The summed E-state index contributed by atoms with van der Waals surface area (Å²) in [5, 5.41) is 6.24. The van der Waals surface area contributed by atoms with Crippen LogP contribution >= 0.6 is 0 Å². The van der Waals surface area contributed by atoms with Crippen LogP contribution in [0.2, 0.25) is 0 Å². The van der Waals surface area contributed by atoms with Crippen molar-refractivity contribution in [3.8, 4) is 0 Å². The number of amides is 1. The summed E-state index contributed by atoms with van der Waals surface area (Å²) in [5.74, 6) is 0.0729. The normalized spacial score (nSPS) is 18.8. The number of hydrogen-bond acceptors (Lipinski definition) is 2. The first-order valence-corrected chi connectivity index (χ1v) is 5.62. The molecule has 0 aromatic heterocycles. The van der Waals surface area contributed by atoms with Crippen LogP contribution in [0, 0.1) is 0 Å². The number of fused-ring (bicyclic) bond motifs is 1.